The number of aromatic nitrogens is 2. The Balaban J connectivity index is 2.30. The normalized spacial score (nSPS) is 13.9. The Morgan fingerprint density at radius 2 is 2.05 bits per heavy atom. The van der Waals surface area contributed by atoms with Gasteiger partial charge in [-0.2, -0.15) is 0 Å². The van der Waals surface area contributed by atoms with Gasteiger partial charge in [0.15, 0.2) is 6.10 Å². The fourth-order valence-electron chi connectivity index (χ4n) is 1.96. The molecule has 0 aliphatic heterocycles. The quantitative estimate of drug-likeness (QED) is 0.667. The van der Waals surface area contributed by atoms with Gasteiger partial charge in [0.05, 0.1) is 17.8 Å². The Labute approximate surface area is 123 Å². The van der Waals surface area contributed by atoms with Crippen LogP contribution in [0.15, 0.2) is 35.4 Å². The van der Waals surface area contributed by atoms with Gasteiger partial charge in [-0.25, -0.2) is 9.55 Å². The van der Waals surface area contributed by atoms with Crippen LogP contribution in [-0.4, -0.2) is 29.5 Å². The van der Waals surface area contributed by atoms with E-state index in [0.29, 0.717) is 16.2 Å². The van der Waals surface area contributed by atoms with Crippen molar-refractivity contribution < 1.29 is 14.2 Å². The third kappa shape index (κ3) is 3.01. The molecule has 0 radical (unpaired) electrons. The molecule has 1 aromatic carbocycles. The van der Waals surface area contributed by atoms with E-state index in [1.807, 2.05) is 6.92 Å². The zero-order valence-corrected chi connectivity index (χ0v) is 12.4. The molecule has 2 unspecified atom stereocenters. The van der Waals surface area contributed by atoms with Crippen molar-refractivity contribution in [2.24, 2.45) is 7.05 Å². The first-order valence-corrected chi connectivity index (χ1v) is 7.60. The second kappa shape index (κ2) is 6.15. The molecule has 2 rings (SSSR count). The molecule has 8 heteroatoms. The van der Waals surface area contributed by atoms with E-state index in [1.165, 1.54) is 11.6 Å². The van der Waals surface area contributed by atoms with Crippen molar-refractivity contribution in [3.8, 4) is 0 Å². The van der Waals surface area contributed by atoms with Crippen LogP contribution in [0.4, 0.5) is 5.82 Å². The summed E-state index contributed by atoms with van der Waals surface area (Å²) in [5, 5.41) is 21.0. The maximum Gasteiger partial charge on any atom is 0.342 e. The summed E-state index contributed by atoms with van der Waals surface area (Å²) in [5.74, 6) is 0.520. The van der Waals surface area contributed by atoms with Crippen LogP contribution >= 0.6 is 0 Å². The number of nitrogens with zero attached hydrogens (tertiary/aromatic N) is 3. The van der Waals surface area contributed by atoms with E-state index in [0.717, 1.165) is 6.20 Å². The van der Waals surface area contributed by atoms with Crippen LogP contribution in [0.2, 0.25) is 0 Å². The van der Waals surface area contributed by atoms with Crippen LogP contribution in [0.3, 0.4) is 0 Å². The molecule has 0 aliphatic carbocycles. The molecule has 0 fully saturated rings. The van der Waals surface area contributed by atoms with Crippen molar-refractivity contribution in [1.82, 2.24) is 9.55 Å². The SMILES string of the molecule is CCS(=O)c1ccc(C(O)c2ncc([N+](=O)[O-])n2C)cc1. The molecule has 2 aromatic rings. The molecule has 0 bridgehead atoms. The highest BCUT2D eigenvalue weighted by Gasteiger charge is 2.24. The summed E-state index contributed by atoms with van der Waals surface area (Å²) in [6, 6.07) is 6.65. The number of rotatable bonds is 5. The Bertz CT molecular complexity index is 681. The lowest BCUT2D eigenvalue weighted by molar-refractivity contribution is -0.391. The van der Waals surface area contributed by atoms with Gasteiger partial charge in [-0.1, -0.05) is 19.1 Å². The van der Waals surface area contributed by atoms with E-state index in [1.54, 1.807) is 24.3 Å². The summed E-state index contributed by atoms with van der Waals surface area (Å²) < 4.78 is 12.9. The first-order chi connectivity index (χ1) is 9.95. The van der Waals surface area contributed by atoms with Gasteiger partial charge in [-0.3, -0.25) is 4.21 Å². The zero-order valence-electron chi connectivity index (χ0n) is 11.6. The number of imidazole rings is 1. The third-order valence-corrected chi connectivity index (χ3v) is 4.47. The average Bonchev–Trinajstić information content (AvgIpc) is 2.87. The van der Waals surface area contributed by atoms with Crippen molar-refractivity contribution in [3.05, 3.63) is 52.0 Å². The van der Waals surface area contributed by atoms with E-state index in [2.05, 4.69) is 4.98 Å². The Kier molecular flexibility index (Phi) is 4.49. The molecule has 7 nitrogen and oxygen atoms in total. The molecular weight excluding hydrogens is 294 g/mol. The van der Waals surface area contributed by atoms with Crippen molar-refractivity contribution in [2.45, 2.75) is 17.9 Å². The van der Waals surface area contributed by atoms with Crippen LogP contribution in [-0.2, 0) is 17.8 Å². The summed E-state index contributed by atoms with van der Waals surface area (Å²) >= 11 is 0. The average molecular weight is 309 g/mol. The van der Waals surface area contributed by atoms with Crippen LogP contribution in [0, 0.1) is 10.1 Å². The molecule has 0 saturated heterocycles. The maximum atomic E-state index is 11.7. The maximum absolute atomic E-state index is 11.7. The van der Waals surface area contributed by atoms with Gasteiger partial charge < -0.3 is 15.2 Å². The number of aliphatic hydroxyl groups is 1. The summed E-state index contributed by atoms with van der Waals surface area (Å²) in [4.78, 5) is 14.8. The molecule has 21 heavy (non-hydrogen) atoms. The van der Waals surface area contributed by atoms with Crippen molar-refractivity contribution in [3.63, 3.8) is 0 Å². The number of benzene rings is 1. The highest BCUT2D eigenvalue weighted by Crippen LogP contribution is 2.24. The van der Waals surface area contributed by atoms with Gasteiger partial charge >= 0.3 is 5.82 Å². The first kappa shape index (κ1) is 15.3. The predicted octanol–water partition coefficient (Wildman–Crippen LogP) is 1.54. The van der Waals surface area contributed by atoms with Crippen LogP contribution < -0.4 is 0 Å². The van der Waals surface area contributed by atoms with E-state index in [4.69, 9.17) is 0 Å². The van der Waals surface area contributed by atoms with E-state index in [-0.39, 0.29) is 11.6 Å². The fraction of sp³-hybridized carbons (Fsp3) is 0.308. The van der Waals surface area contributed by atoms with Gasteiger partial charge in [0.25, 0.3) is 0 Å². The molecule has 1 aromatic heterocycles. The topological polar surface area (TPSA) is 98.3 Å². The van der Waals surface area contributed by atoms with Gasteiger partial charge in [0, 0.05) is 10.6 Å². The van der Waals surface area contributed by atoms with E-state index < -0.39 is 21.8 Å². The lowest BCUT2D eigenvalue weighted by Gasteiger charge is -2.09. The molecule has 2 atom stereocenters. The number of nitro groups is 1. The van der Waals surface area contributed by atoms with Gasteiger partial charge in [0.1, 0.15) is 6.20 Å². The van der Waals surface area contributed by atoms with Crippen molar-refractivity contribution in [2.75, 3.05) is 5.75 Å². The largest absolute Gasteiger partial charge is 0.378 e. The van der Waals surface area contributed by atoms with Crippen LogP contribution in [0.1, 0.15) is 24.4 Å². The second-order valence-electron chi connectivity index (χ2n) is 4.40. The van der Waals surface area contributed by atoms with E-state index in [9.17, 15) is 19.4 Å². The third-order valence-electron chi connectivity index (χ3n) is 3.15. The number of aliphatic hydroxyl groups excluding tert-OH is 1. The molecule has 0 saturated carbocycles. The Morgan fingerprint density at radius 3 is 2.52 bits per heavy atom. The predicted molar refractivity (Wildman–Crippen MR) is 77.3 cm³/mol. The standard InChI is InChI=1S/C13H15N3O4S/c1-3-21(20)10-6-4-9(5-7-10)12(17)13-14-8-11(15(13)2)16(18)19/h4-8,12,17H,3H2,1-2H3. The first-order valence-electron chi connectivity index (χ1n) is 6.28. The molecular formula is C13H15N3O4S. The van der Waals surface area contributed by atoms with Gasteiger partial charge in [-0.15, -0.1) is 0 Å². The minimum Gasteiger partial charge on any atom is -0.378 e. The molecule has 1 heterocycles. The minimum atomic E-state index is -1.08. The van der Waals surface area contributed by atoms with Gasteiger partial charge in [-0.05, 0) is 22.6 Å². The summed E-state index contributed by atoms with van der Waals surface area (Å²) in [6.45, 7) is 1.83. The summed E-state index contributed by atoms with van der Waals surface area (Å²) in [6.07, 6.45) is 0.0341. The zero-order chi connectivity index (χ0) is 15.6. The molecule has 0 aliphatic rings. The van der Waals surface area contributed by atoms with Crippen LogP contribution in [0.5, 0.6) is 0 Å². The molecule has 0 amide bonds. The molecule has 1 N–H and O–H groups in total. The van der Waals surface area contributed by atoms with Crippen molar-refractivity contribution in [1.29, 1.82) is 0 Å². The summed E-state index contributed by atoms with van der Waals surface area (Å²) in [7, 11) is 0.422. The van der Waals surface area contributed by atoms with Crippen molar-refractivity contribution >= 4 is 16.6 Å². The highest BCUT2D eigenvalue weighted by molar-refractivity contribution is 7.85. The Morgan fingerprint density at radius 1 is 1.43 bits per heavy atom. The second-order valence-corrected chi connectivity index (χ2v) is 6.14. The lowest BCUT2D eigenvalue weighted by Crippen LogP contribution is -2.09. The van der Waals surface area contributed by atoms with Gasteiger partial charge in [0.2, 0.25) is 5.82 Å². The summed E-state index contributed by atoms with van der Waals surface area (Å²) in [5.41, 5.74) is 0.537. The Hall–Kier alpha value is -2.06. The number of hydrogen-bond acceptors (Lipinski definition) is 5. The number of hydrogen-bond donors (Lipinski definition) is 1. The highest BCUT2D eigenvalue weighted by atomic mass is 32.2. The van der Waals surface area contributed by atoms with Crippen LogP contribution in [0.25, 0.3) is 0 Å². The van der Waals surface area contributed by atoms with E-state index >= 15 is 0 Å². The molecule has 0 spiro atoms. The smallest absolute Gasteiger partial charge is 0.342 e. The molecule has 112 valence electrons. The minimum absolute atomic E-state index is 0.186. The lowest BCUT2D eigenvalue weighted by atomic mass is 10.1. The fourth-order valence-corrected chi connectivity index (χ4v) is 2.73. The monoisotopic (exact) mass is 309 g/mol.